The van der Waals surface area contributed by atoms with Gasteiger partial charge in [-0.05, 0) is 37.0 Å². The van der Waals surface area contributed by atoms with Gasteiger partial charge in [-0.25, -0.2) is 0 Å². The Morgan fingerprint density at radius 2 is 2.00 bits per heavy atom. The van der Waals surface area contributed by atoms with Crippen LogP contribution in [0.1, 0.15) is 44.2 Å². The van der Waals surface area contributed by atoms with Crippen LogP contribution in [-0.2, 0) is 0 Å². The Labute approximate surface area is 99.7 Å². The lowest BCUT2D eigenvalue weighted by atomic mass is 9.95. The van der Waals surface area contributed by atoms with E-state index in [2.05, 4.69) is 57.7 Å². The molecular weight excluding hydrogens is 192 g/mol. The van der Waals surface area contributed by atoms with E-state index in [1.807, 2.05) is 0 Å². The van der Waals surface area contributed by atoms with Gasteiger partial charge in [0.15, 0.2) is 0 Å². The predicted octanol–water partition coefficient (Wildman–Crippen LogP) is 5.14. The molecule has 0 aliphatic carbocycles. The average Bonchev–Trinajstić information content (AvgIpc) is 2.25. The van der Waals surface area contributed by atoms with Gasteiger partial charge >= 0.3 is 0 Å². The Morgan fingerprint density at radius 3 is 2.56 bits per heavy atom. The smallest absolute Gasteiger partial charge is 0.0155 e. The summed E-state index contributed by atoms with van der Waals surface area (Å²) in [6, 6.07) is 8.52. The van der Waals surface area contributed by atoms with Crippen LogP contribution in [0.4, 0.5) is 0 Å². The van der Waals surface area contributed by atoms with Crippen LogP contribution in [-0.4, -0.2) is 0 Å². The molecule has 1 aromatic rings. The van der Waals surface area contributed by atoms with Gasteiger partial charge in [0.2, 0.25) is 0 Å². The third kappa shape index (κ3) is 3.37. The lowest BCUT2D eigenvalue weighted by Crippen LogP contribution is -1.90. The number of aryl methyl sites for hydroxylation is 1. The number of hydrogen-bond acceptors (Lipinski definition) is 0. The molecule has 0 aromatic heterocycles. The van der Waals surface area contributed by atoms with Crippen molar-refractivity contribution >= 4 is 5.57 Å². The van der Waals surface area contributed by atoms with Crippen molar-refractivity contribution in [3.63, 3.8) is 0 Å². The molecule has 0 saturated heterocycles. The fourth-order valence-corrected chi connectivity index (χ4v) is 1.84. The van der Waals surface area contributed by atoms with Gasteiger partial charge in [0.25, 0.3) is 0 Å². The van der Waals surface area contributed by atoms with Crippen molar-refractivity contribution in [2.75, 3.05) is 0 Å². The van der Waals surface area contributed by atoms with E-state index < -0.39 is 0 Å². The number of allylic oxidation sites excluding steroid dienone is 3. The van der Waals surface area contributed by atoms with Crippen molar-refractivity contribution in [3.05, 3.63) is 53.6 Å². The quantitative estimate of drug-likeness (QED) is 0.470. The van der Waals surface area contributed by atoms with Crippen LogP contribution in [0.5, 0.6) is 0 Å². The maximum atomic E-state index is 4.08. The van der Waals surface area contributed by atoms with Crippen molar-refractivity contribution in [1.82, 2.24) is 0 Å². The summed E-state index contributed by atoms with van der Waals surface area (Å²) in [6.07, 6.45) is 5.97. The minimum atomic E-state index is 1.15. The molecule has 0 heteroatoms. The van der Waals surface area contributed by atoms with Gasteiger partial charge < -0.3 is 0 Å². The second-order valence-electron chi connectivity index (χ2n) is 4.36. The minimum absolute atomic E-state index is 1.15. The third-order valence-corrected chi connectivity index (χ3v) is 2.80. The summed E-state index contributed by atoms with van der Waals surface area (Å²) in [5.74, 6) is 0. The van der Waals surface area contributed by atoms with Gasteiger partial charge in [-0.15, -0.1) is 0 Å². The maximum absolute atomic E-state index is 4.08. The molecule has 0 nitrogen and oxygen atoms in total. The van der Waals surface area contributed by atoms with E-state index in [-0.39, 0.29) is 0 Å². The molecule has 1 aromatic carbocycles. The summed E-state index contributed by atoms with van der Waals surface area (Å²) in [6.45, 7) is 10.6. The highest BCUT2D eigenvalue weighted by Gasteiger charge is 2.04. The first-order valence-corrected chi connectivity index (χ1v) is 6.08. The molecule has 0 heterocycles. The zero-order chi connectivity index (χ0) is 12.0. The zero-order valence-corrected chi connectivity index (χ0v) is 10.7. The maximum Gasteiger partial charge on any atom is -0.0155 e. The lowest BCUT2D eigenvalue weighted by Gasteiger charge is -2.10. The van der Waals surface area contributed by atoms with Gasteiger partial charge in [-0.3, -0.25) is 0 Å². The molecule has 0 atom stereocenters. The molecule has 0 unspecified atom stereocenters. The average molecular weight is 214 g/mol. The first-order chi connectivity index (χ1) is 7.66. The van der Waals surface area contributed by atoms with Crippen molar-refractivity contribution in [3.8, 4) is 0 Å². The Balaban J connectivity index is 2.99. The molecule has 0 radical (unpaired) electrons. The van der Waals surface area contributed by atoms with Crippen molar-refractivity contribution < 1.29 is 0 Å². The Hall–Kier alpha value is -1.30. The summed E-state index contributed by atoms with van der Waals surface area (Å²) in [7, 11) is 0. The first-order valence-electron chi connectivity index (χ1n) is 6.08. The van der Waals surface area contributed by atoms with Crippen LogP contribution < -0.4 is 0 Å². The van der Waals surface area contributed by atoms with Crippen molar-refractivity contribution in [2.24, 2.45) is 0 Å². The van der Waals surface area contributed by atoms with E-state index in [1.54, 1.807) is 0 Å². The molecule has 0 saturated carbocycles. The highest BCUT2D eigenvalue weighted by Crippen LogP contribution is 2.25. The van der Waals surface area contributed by atoms with Gasteiger partial charge in [0.05, 0.1) is 0 Å². The van der Waals surface area contributed by atoms with Crippen LogP contribution in [0.15, 0.2) is 42.5 Å². The fourth-order valence-electron chi connectivity index (χ4n) is 1.84. The highest BCUT2D eigenvalue weighted by atomic mass is 14.1. The fraction of sp³-hybridized carbons (Fsp3) is 0.375. The highest BCUT2D eigenvalue weighted by molar-refractivity contribution is 5.79. The molecule has 0 aliphatic rings. The standard InChI is InChI=1S/C16H22/c1-5-6-7-11-15(13(2)3)16-12-9-8-10-14(16)4/h8-12H,2,5-7H2,1,3-4H3. The molecule has 16 heavy (non-hydrogen) atoms. The topological polar surface area (TPSA) is 0 Å². The summed E-state index contributed by atoms with van der Waals surface area (Å²) in [4.78, 5) is 0. The summed E-state index contributed by atoms with van der Waals surface area (Å²) in [5.41, 5.74) is 5.12. The van der Waals surface area contributed by atoms with E-state index in [1.165, 1.54) is 29.5 Å². The van der Waals surface area contributed by atoms with Gasteiger partial charge in [0.1, 0.15) is 0 Å². The van der Waals surface area contributed by atoms with Gasteiger partial charge in [-0.2, -0.15) is 0 Å². The molecule has 1 rings (SSSR count). The summed E-state index contributed by atoms with van der Waals surface area (Å²) >= 11 is 0. The van der Waals surface area contributed by atoms with Crippen molar-refractivity contribution in [2.45, 2.75) is 40.0 Å². The van der Waals surface area contributed by atoms with Crippen LogP contribution >= 0.6 is 0 Å². The van der Waals surface area contributed by atoms with Crippen LogP contribution in [0.3, 0.4) is 0 Å². The molecule has 0 fully saturated rings. The second-order valence-corrected chi connectivity index (χ2v) is 4.36. The molecule has 0 bridgehead atoms. The number of benzene rings is 1. The normalized spacial score (nSPS) is 11.6. The van der Waals surface area contributed by atoms with E-state index in [4.69, 9.17) is 0 Å². The molecule has 0 N–H and O–H groups in total. The van der Waals surface area contributed by atoms with Gasteiger partial charge in [0, 0.05) is 0 Å². The van der Waals surface area contributed by atoms with E-state index in [9.17, 15) is 0 Å². The molecule has 0 amide bonds. The van der Waals surface area contributed by atoms with Crippen molar-refractivity contribution in [1.29, 1.82) is 0 Å². The Kier molecular flexibility index (Phi) is 5.04. The lowest BCUT2D eigenvalue weighted by molar-refractivity contribution is 0.815. The van der Waals surface area contributed by atoms with Gasteiger partial charge in [-0.1, -0.05) is 62.3 Å². The Morgan fingerprint density at radius 1 is 1.31 bits per heavy atom. The number of unbranched alkanes of at least 4 members (excludes halogenated alkanes) is 2. The summed E-state index contributed by atoms with van der Waals surface area (Å²) in [5, 5.41) is 0. The van der Waals surface area contributed by atoms with E-state index in [0.717, 1.165) is 12.0 Å². The van der Waals surface area contributed by atoms with Crippen LogP contribution in [0, 0.1) is 6.92 Å². The predicted molar refractivity (Wildman–Crippen MR) is 73.5 cm³/mol. The molecule has 86 valence electrons. The van der Waals surface area contributed by atoms with E-state index >= 15 is 0 Å². The number of rotatable bonds is 5. The van der Waals surface area contributed by atoms with Crippen LogP contribution in [0.2, 0.25) is 0 Å². The second kappa shape index (κ2) is 6.32. The molecular formula is C16H22. The zero-order valence-electron chi connectivity index (χ0n) is 10.7. The summed E-state index contributed by atoms with van der Waals surface area (Å²) < 4.78 is 0. The number of hydrogen-bond donors (Lipinski definition) is 0. The van der Waals surface area contributed by atoms with E-state index in [0.29, 0.717) is 0 Å². The third-order valence-electron chi connectivity index (χ3n) is 2.80. The first kappa shape index (κ1) is 12.8. The Bertz CT molecular complexity index is 383. The monoisotopic (exact) mass is 214 g/mol. The van der Waals surface area contributed by atoms with Crippen LogP contribution in [0.25, 0.3) is 5.57 Å². The molecule has 0 spiro atoms. The minimum Gasteiger partial charge on any atom is -0.0955 e. The SMILES string of the molecule is C=C(C)C(=CCCCC)c1ccccc1C. The largest absolute Gasteiger partial charge is 0.0955 e. The molecule has 0 aliphatic heterocycles.